The van der Waals surface area contributed by atoms with Crippen molar-refractivity contribution in [1.29, 1.82) is 0 Å². The van der Waals surface area contributed by atoms with Gasteiger partial charge in [-0.25, -0.2) is 0 Å². The van der Waals surface area contributed by atoms with Crippen LogP contribution in [0.25, 0.3) is 0 Å². The van der Waals surface area contributed by atoms with E-state index in [1.54, 1.807) is 26.5 Å². The summed E-state index contributed by atoms with van der Waals surface area (Å²) in [5.74, 6) is 2.52. The maximum atomic E-state index is 10.2. The third-order valence-electron chi connectivity index (χ3n) is 5.58. The molecule has 26 heavy (non-hydrogen) atoms. The Bertz CT molecular complexity index is 797. The number of hydrogen-bond donors (Lipinski definition) is 1. The fourth-order valence-corrected chi connectivity index (χ4v) is 4.27. The fourth-order valence-electron chi connectivity index (χ4n) is 4.27. The lowest BCUT2D eigenvalue weighted by atomic mass is 9.74. The van der Waals surface area contributed by atoms with E-state index in [1.807, 2.05) is 18.2 Å². The van der Waals surface area contributed by atoms with Crippen LogP contribution in [0.15, 0.2) is 36.5 Å². The molecular weight excluding hydrogens is 332 g/mol. The van der Waals surface area contributed by atoms with E-state index in [-0.39, 0.29) is 17.9 Å². The number of fused-ring (bicyclic) bond motifs is 3. The van der Waals surface area contributed by atoms with Crippen molar-refractivity contribution in [3.8, 4) is 17.2 Å². The second-order valence-corrected chi connectivity index (χ2v) is 7.06. The molecule has 2 aromatic rings. The van der Waals surface area contributed by atoms with E-state index in [2.05, 4.69) is 16.0 Å². The minimum atomic E-state index is -0.277. The van der Waals surface area contributed by atoms with E-state index < -0.39 is 0 Å². The van der Waals surface area contributed by atoms with Gasteiger partial charge in [-0.1, -0.05) is 18.2 Å². The predicted molar refractivity (Wildman–Crippen MR) is 96.8 cm³/mol. The Kier molecular flexibility index (Phi) is 4.46. The van der Waals surface area contributed by atoms with Crippen LogP contribution in [-0.4, -0.2) is 55.5 Å². The Hall–Kier alpha value is -2.31. The smallest absolute Gasteiger partial charge is 0.183 e. The number of pyridine rings is 1. The SMILES string of the molecule is COc1ccnc(CN2C[C@@H]3c4ccccc4OC[C@]3(CO)C2)c1OC. The van der Waals surface area contributed by atoms with Crippen LogP contribution in [-0.2, 0) is 6.54 Å². The first-order valence-electron chi connectivity index (χ1n) is 8.81. The zero-order valence-corrected chi connectivity index (χ0v) is 15.1. The number of ether oxygens (including phenoxy) is 3. The van der Waals surface area contributed by atoms with Gasteiger partial charge in [-0.15, -0.1) is 0 Å². The normalized spacial score (nSPS) is 24.5. The topological polar surface area (TPSA) is 64.1 Å². The van der Waals surface area contributed by atoms with Crippen LogP contribution in [0, 0.1) is 5.41 Å². The third-order valence-corrected chi connectivity index (χ3v) is 5.58. The molecule has 2 atom stereocenters. The Labute approximate surface area is 153 Å². The summed E-state index contributed by atoms with van der Waals surface area (Å²) < 4.78 is 16.9. The highest BCUT2D eigenvalue weighted by molar-refractivity contribution is 5.43. The first-order valence-corrected chi connectivity index (χ1v) is 8.81. The summed E-state index contributed by atoms with van der Waals surface area (Å²) in [6.07, 6.45) is 1.74. The molecule has 0 bridgehead atoms. The van der Waals surface area contributed by atoms with E-state index in [9.17, 15) is 5.11 Å². The molecule has 6 nitrogen and oxygen atoms in total. The molecule has 1 saturated heterocycles. The number of aliphatic hydroxyl groups excluding tert-OH is 1. The Morgan fingerprint density at radius 3 is 2.88 bits per heavy atom. The largest absolute Gasteiger partial charge is 0.493 e. The molecule has 2 aliphatic rings. The first kappa shape index (κ1) is 17.1. The minimum Gasteiger partial charge on any atom is -0.493 e. The second-order valence-electron chi connectivity index (χ2n) is 7.06. The number of hydrogen-bond acceptors (Lipinski definition) is 6. The average Bonchev–Trinajstić information content (AvgIpc) is 3.07. The van der Waals surface area contributed by atoms with Crippen LogP contribution in [0.4, 0.5) is 0 Å². The number of aromatic nitrogens is 1. The standard InChI is InChI=1S/C20H24N2O4/c1-24-18-7-8-21-16(19(18)25-2)10-22-9-15-14-5-3-4-6-17(14)26-13-20(15,11-22)12-23/h3-8,15,23H,9-13H2,1-2H3/t15-,20-/m1/s1. The summed E-state index contributed by atoms with van der Waals surface area (Å²) in [4.78, 5) is 6.81. The van der Waals surface area contributed by atoms with Gasteiger partial charge < -0.3 is 19.3 Å². The highest BCUT2D eigenvalue weighted by atomic mass is 16.5. The molecule has 0 aliphatic carbocycles. The van der Waals surface area contributed by atoms with Gasteiger partial charge in [0.1, 0.15) is 11.4 Å². The molecule has 1 N–H and O–H groups in total. The van der Waals surface area contributed by atoms with Gasteiger partial charge in [-0.05, 0) is 11.6 Å². The summed E-state index contributed by atoms with van der Waals surface area (Å²) in [7, 11) is 3.26. The van der Waals surface area contributed by atoms with Crippen molar-refractivity contribution < 1.29 is 19.3 Å². The zero-order chi connectivity index (χ0) is 18.1. The monoisotopic (exact) mass is 356 g/mol. The van der Waals surface area contributed by atoms with Gasteiger partial charge in [0.25, 0.3) is 0 Å². The first-order chi connectivity index (χ1) is 12.7. The van der Waals surface area contributed by atoms with Gasteiger partial charge in [-0.2, -0.15) is 0 Å². The molecule has 0 spiro atoms. The molecule has 138 valence electrons. The van der Waals surface area contributed by atoms with Gasteiger partial charge in [0.15, 0.2) is 11.5 Å². The van der Waals surface area contributed by atoms with Gasteiger partial charge in [0.05, 0.1) is 27.4 Å². The van der Waals surface area contributed by atoms with Gasteiger partial charge in [-0.3, -0.25) is 9.88 Å². The van der Waals surface area contributed by atoms with E-state index in [1.165, 1.54) is 5.56 Å². The third kappa shape index (κ3) is 2.70. The summed E-state index contributed by atoms with van der Waals surface area (Å²) in [6.45, 7) is 2.88. The van der Waals surface area contributed by atoms with Crippen LogP contribution in [0.1, 0.15) is 17.2 Å². The number of aliphatic hydroxyl groups is 1. The summed E-state index contributed by atoms with van der Waals surface area (Å²) in [6, 6.07) is 9.93. The fraction of sp³-hybridized carbons (Fsp3) is 0.450. The molecule has 2 aliphatic heterocycles. The van der Waals surface area contributed by atoms with Crippen LogP contribution in [0.5, 0.6) is 17.2 Å². The van der Waals surface area contributed by atoms with E-state index in [0.29, 0.717) is 24.7 Å². The summed E-state index contributed by atoms with van der Waals surface area (Å²) in [5, 5.41) is 10.2. The molecule has 1 aromatic heterocycles. The van der Waals surface area contributed by atoms with Gasteiger partial charge >= 0.3 is 0 Å². The molecule has 1 aromatic carbocycles. The number of methoxy groups -OCH3 is 2. The minimum absolute atomic E-state index is 0.102. The molecule has 6 heteroatoms. The lowest BCUT2D eigenvalue weighted by Crippen LogP contribution is -2.42. The van der Waals surface area contributed by atoms with Crippen LogP contribution in [0.2, 0.25) is 0 Å². The Morgan fingerprint density at radius 1 is 1.27 bits per heavy atom. The highest BCUT2D eigenvalue weighted by Gasteiger charge is 2.50. The molecule has 3 heterocycles. The van der Waals surface area contributed by atoms with Crippen LogP contribution >= 0.6 is 0 Å². The average molecular weight is 356 g/mol. The van der Waals surface area contributed by atoms with Crippen molar-refractivity contribution in [2.45, 2.75) is 12.5 Å². The molecule has 0 radical (unpaired) electrons. The number of nitrogens with zero attached hydrogens (tertiary/aromatic N) is 2. The number of likely N-dealkylation sites (tertiary alicyclic amines) is 1. The zero-order valence-electron chi connectivity index (χ0n) is 15.1. The van der Waals surface area contributed by atoms with Crippen molar-refractivity contribution >= 4 is 0 Å². The van der Waals surface area contributed by atoms with E-state index in [4.69, 9.17) is 14.2 Å². The van der Waals surface area contributed by atoms with Crippen molar-refractivity contribution in [1.82, 2.24) is 9.88 Å². The van der Waals surface area contributed by atoms with Crippen LogP contribution in [0.3, 0.4) is 0 Å². The maximum Gasteiger partial charge on any atom is 0.183 e. The number of benzene rings is 1. The number of rotatable bonds is 5. The van der Waals surface area contributed by atoms with E-state index >= 15 is 0 Å². The van der Waals surface area contributed by atoms with Gasteiger partial charge in [0, 0.05) is 43.2 Å². The number of para-hydroxylation sites is 1. The molecule has 0 unspecified atom stereocenters. The van der Waals surface area contributed by atoms with Gasteiger partial charge in [0.2, 0.25) is 0 Å². The lowest BCUT2D eigenvalue weighted by molar-refractivity contribution is 0.0456. The Morgan fingerprint density at radius 2 is 2.12 bits per heavy atom. The molecular formula is C20H24N2O4. The van der Waals surface area contributed by atoms with Crippen molar-refractivity contribution in [2.24, 2.45) is 5.41 Å². The summed E-state index contributed by atoms with van der Waals surface area (Å²) in [5.41, 5.74) is 1.74. The molecule has 0 saturated carbocycles. The van der Waals surface area contributed by atoms with E-state index in [0.717, 1.165) is 24.5 Å². The van der Waals surface area contributed by atoms with Crippen molar-refractivity contribution in [3.05, 3.63) is 47.8 Å². The lowest BCUT2D eigenvalue weighted by Gasteiger charge is -2.38. The molecule has 1 fully saturated rings. The molecule has 4 rings (SSSR count). The second kappa shape index (κ2) is 6.78. The molecule has 0 amide bonds. The highest BCUT2D eigenvalue weighted by Crippen LogP contribution is 2.49. The van der Waals surface area contributed by atoms with Crippen molar-refractivity contribution in [2.75, 3.05) is 40.5 Å². The van der Waals surface area contributed by atoms with Crippen molar-refractivity contribution in [3.63, 3.8) is 0 Å². The quantitative estimate of drug-likeness (QED) is 0.885. The van der Waals surface area contributed by atoms with Crippen LogP contribution < -0.4 is 14.2 Å². The predicted octanol–water partition coefficient (Wildman–Crippen LogP) is 2.07. The summed E-state index contributed by atoms with van der Waals surface area (Å²) >= 11 is 0. The maximum absolute atomic E-state index is 10.2. The Balaban J connectivity index is 1.62.